The zero-order chi connectivity index (χ0) is 38.6. The molecule has 3 heterocycles. The number of thiazole rings is 1. The number of likely N-dealkylation sites (tertiary alicyclic amines) is 1. The number of ether oxygens (including phenoxy) is 2. The Bertz CT molecular complexity index is 1920. The molecule has 5 rings (SSSR count). The van der Waals surface area contributed by atoms with Crippen LogP contribution in [0.4, 0.5) is 21.0 Å². The molecule has 0 radical (unpaired) electrons. The lowest BCUT2D eigenvalue weighted by atomic mass is 9.55. The summed E-state index contributed by atoms with van der Waals surface area (Å²) in [5.41, 5.74) is -1.28. The monoisotopic (exact) mass is 772 g/mol. The van der Waals surface area contributed by atoms with Crippen molar-refractivity contribution in [1.29, 1.82) is 0 Å². The van der Waals surface area contributed by atoms with Gasteiger partial charge in [-0.25, -0.2) is 23.9 Å². The molecule has 1 saturated heterocycles. The van der Waals surface area contributed by atoms with Crippen LogP contribution in [0.1, 0.15) is 65.7 Å². The molecule has 0 aliphatic carbocycles. The molecule has 2 aromatic heterocycles. The maximum atomic E-state index is 13.9. The Morgan fingerprint density at radius 3 is 2.38 bits per heavy atom. The molecular weight excluding hydrogens is 722 g/mol. The van der Waals surface area contributed by atoms with E-state index in [1.54, 1.807) is 25.4 Å². The molecule has 2 aromatic carbocycles. The van der Waals surface area contributed by atoms with E-state index in [1.165, 1.54) is 29.8 Å². The third kappa shape index (κ3) is 9.69. The highest BCUT2D eigenvalue weighted by molar-refractivity contribution is 7.46. The average molecular weight is 773 g/mol. The zero-order valence-electron chi connectivity index (χ0n) is 31.3. The molecule has 53 heavy (non-hydrogen) atoms. The molecule has 0 unspecified atom stereocenters. The number of hydrogen-bond acceptors (Lipinski definition) is 11. The third-order valence-electron chi connectivity index (χ3n) is 9.71. The summed E-state index contributed by atoms with van der Waals surface area (Å²) in [6, 6.07) is 9.63. The molecule has 1 fully saturated rings. The fraction of sp³-hybridized carbons (Fsp3) is 0.514. The van der Waals surface area contributed by atoms with E-state index < -0.39 is 30.1 Å². The van der Waals surface area contributed by atoms with E-state index in [0.29, 0.717) is 44.8 Å². The number of piperidine rings is 1. The summed E-state index contributed by atoms with van der Waals surface area (Å²) in [4.78, 5) is 48.7. The number of phosphoric acid groups is 1. The van der Waals surface area contributed by atoms with E-state index in [9.17, 15) is 23.5 Å². The number of rotatable bonds is 14. The van der Waals surface area contributed by atoms with Crippen LogP contribution < -0.4 is 20.1 Å². The van der Waals surface area contributed by atoms with Gasteiger partial charge in [-0.05, 0) is 67.3 Å². The van der Waals surface area contributed by atoms with Crippen molar-refractivity contribution in [3.63, 3.8) is 0 Å². The first-order valence-electron chi connectivity index (χ1n) is 17.6. The van der Waals surface area contributed by atoms with Crippen LogP contribution in [0.5, 0.6) is 11.5 Å². The van der Waals surface area contributed by atoms with Gasteiger partial charge in [0.25, 0.3) is 0 Å². The number of carbonyl (C=O) groups is 1. The Balaban J connectivity index is 1.17. The van der Waals surface area contributed by atoms with Gasteiger partial charge in [-0.15, -0.1) is 11.3 Å². The number of anilines is 3. The molecule has 1 amide bonds. The minimum Gasteiger partial charge on any atom is -0.493 e. The van der Waals surface area contributed by atoms with Crippen molar-refractivity contribution in [2.24, 2.45) is 16.7 Å². The Morgan fingerprint density at radius 2 is 1.74 bits per heavy atom. The van der Waals surface area contributed by atoms with E-state index in [-0.39, 0.29) is 23.9 Å². The molecule has 0 spiro atoms. The molecule has 0 bridgehead atoms. The van der Waals surface area contributed by atoms with Gasteiger partial charge in [-0.3, -0.25) is 9.32 Å². The van der Waals surface area contributed by atoms with E-state index in [0.717, 1.165) is 38.9 Å². The molecule has 1 aliphatic rings. The number of para-hydroxylation sites is 1. The Labute approximate surface area is 313 Å². The number of amides is 1. The van der Waals surface area contributed by atoms with Gasteiger partial charge >= 0.3 is 7.82 Å². The van der Waals surface area contributed by atoms with Gasteiger partial charge in [0.1, 0.15) is 18.0 Å². The van der Waals surface area contributed by atoms with Crippen molar-refractivity contribution >= 4 is 52.6 Å². The number of fused-ring (bicyclic) bond motifs is 1. The second-order valence-electron chi connectivity index (χ2n) is 15.3. The SMILES string of the molecule is COc1cc2c(Nc3ncc(CC(=O)Nc4ccccc4F)s3)ncnc2cc1OCCCN1CCC(C(OP(=O)(O)O)(C(C)(C)C)C(C)(C)C)CC1. The maximum Gasteiger partial charge on any atom is 0.470 e. The number of methoxy groups -OCH3 is 1. The molecule has 0 atom stereocenters. The van der Waals surface area contributed by atoms with Crippen LogP contribution in [-0.4, -0.2) is 74.5 Å². The second-order valence-corrected chi connectivity index (χ2v) is 17.6. The quantitative estimate of drug-likeness (QED) is 0.0734. The predicted molar refractivity (Wildman–Crippen MR) is 204 cm³/mol. The summed E-state index contributed by atoms with van der Waals surface area (Å²) in [5, 5.41) is 7.02. The van der Waals surface area contributed by atoms with Crippen LogP contribution in [0.3, 0.4) is 0 Å². The van der Waals surface area contributed by atoms with Crippen LogP contribution in [-0.2, 0) is 20.3 Å². The standard InChI is InChI=1S/C37H50FN6O7PS/c1-35(2,3)37(36(4,5)6,51-52(46,47)48)24-13-16-44(17-14-24)15-10-18-50-31-21-29-26(20-30(31)49-7)33(41-23-40-29)43-34-39-22-25(53-34)19-32(45)42-28-12-9-8-11-27(28)38/h8-9,11-12,20-24H,10,13-19H2,1-7H3,(H,42,45)(H2,46,47,48)(H,39,40,41,43). The zero-order valence-corrected chi connectivity index (χ0v) is 33.0. The highest BCUT2D eigenvalue weighted by Gasteiger charge is 2.59. The first-order valence-corrected chi connectivity index (χ1v) is 19.9. The fourth-order valence-electron chi connectivity index (χ4n) is 7.82. The summed E-state index contributed by atoms with van der Waals surface area (Å²) in [7, 11) is -3.17. The molecule has 4 aromatic rings. The van der Waals surface area contributed by atoms with Gasteiger partial charge in [0.15, 0.2) is 16.6 Å². The van der Waals surface area contributed by atoms with Crippen LogP contribution in [0.15, 0.2) is 48.9 Å². The topological polar surface area (TPSA) is 168 Å². The van der Waals surface area contributed by atoms with Gasteiger partial charge in [0.05, 0.1) is 36.9 Å². The number of nitrogens with one attached hydrogen (secondary N) is 2. The Morgan fingerprint density at radius 1 is 1.04 bits per heavy atom. The van der Waals surface area contributed by atoms with Crippen molar-refractivity contribution in [2.75, 3.05) is 44.0 Å². The third-order valence-corrected chi connectivity index (χ3v) is 11.2. The number of halogens is 1. The lowest BCUT2D eigenvalue weighted by Gasteiger charge is -2.58. The van der Waals surface area contributed by atoms with Crippen LogP contribution in [0.25, 0.3) is 10.9 Å². The van der Waals surface area contributed by atoms with Crippen molar-refractivity contribution in [1.82, 2.24) is 19.9 Å². The summed E-state index contributed by atoms with van der Waals surface area (Å²) < 4.78 is 43.8. The first-order chi connectivity index (χ1) is 24.9. The minimum absolute atomic E-state index is 0.0259. The van der Waals surface area contributed by atoms with Crippen molar-refractivity contribution in [2.45, 2.75) is 72.8 Å². The predicted octanol–water partition coefficient (Wildman–Crippen LogP) is 7.58. The minimum atomic E-state index is -4.74. The first kappa shape index (κ1) is 40.5. The van der Waals surface area contributed by atoms with Gasteiger partial charge in [-0.2, -0.15) is 0 Å². The van der Waals surface area contributed by atoms with Crippen molar-refractivity contribution < 1.29 is 37.5 Å². The Kier molecular flexibility index (Phi) is 12.5. The lowest BCUT2D eigenvalue weighted by Crippen LogP contribution is -2.61. The number of aromatic nitrogens is 3. The molecule has 4 N–H and O–H groups in total. The number of carbonyl (C=O) groups excluding carboxylic acids is 1. The average Bonchev–Trinajstić information content (AvgIpc) is 3.51. The number of phosphoric ester groups is 1. The van der Waals surface area contributed by atoms with Crippen molar-refractivity contribution in [3.05, 3.63) is 59.6 Å². The molecule has 13 nitrogen and oxygen atoms in total. The Hall–Kier alpha value is -3.72. The van der Waals surface area contributed by atoms with Crippen molar-refractivity contribution in [3.8, 4) is 11.5 Å². The molecular formula is C37H50FN6O7PS. The molecule has 0 saturated carbocycles. The van der Waals surface area contributed by atoms with E-state index >= 15 is 0 Å². The van der Waals surface area contributed by atoms with Gasteiger partial charge in [-0.1, -0.05) is 53.7 Å². The number of nitrogens with zero attached hydrogens (tertiary/aromatic N) is 4. The summed E-state index contributed by atoms with van der Waals surface area (Å²) >= 11 is 1.29. The van der Waals surface area contributed by atoms with Crippen LogP contribution >= 0.6 is 19.2 Å². The van der Waals surface area contributed by atoms with E-state index in [4.69, 9.17) is 14.0 Å². The summed E-state index contributed by atoms with van der Waals surface area (Å²) in [6.45, 7) is 14.8. The smallest absolute Gasteiger partial charge is 0.470 e. The fourth-order valence-corrected chi connectivity index (χ4v) is 9.70. The van der Waals surface area contributed by atoms with Gasteiger partial charge < -0.3 is 34.8 Å². The largest absolute Gasteiger partial charge is 0.493 e. The lowest BCUT2D eigenvalue weighted by molar-refractivity contribution is -0.176. The highest BCUT2D eigenvalue weighted by Crippen LogP contribution is 2.60. The highest BCUT2D eigenvalue weighted by atomic mass is 32.1. The van der Waals surface area contributed by atoms with E-state index in [2.05, 4.69) is 30.5 Å². The number of hydrogen-bond donors (Lipinski definition) is 4. The molecule has 1 aliphatic heterocycles. The van der Waals surface area contributed by atoms with Gasteiger partial charge in [0.2, 0.25) is 5.91 Å². The van der Waals surface area contributed by atoms with Gasteiger partial charge in [0, 0.05) is 29.1 Å². The molecule has 288 valence electrons. The van der Waals surface area contributed by atoms with E-state index in [1.807, 2.05) is 53.7 Å². The summed E-state index contributed by atoms with van der Waals surface area (Å²) in [5.74, 6) is 0.700. The second kappa shape index (κ2) is 16.3. The normalized spacial score (nSPS) is 15.1. The van der Waals surface area contributed by atoms with Crippen LogP contribution in [0, 0.1) is 22.6 Å². The summed E-state index contributed by atoms with van der Waals surface area (Å²) in [6.07, 6.45) is 5.36. The molecule has 16 heteroatoms. The number of benzene rings is 2. The van der Waals surface area contributed by atoms with Crippen LogP contribution in [0.2, 0.25) is 0 Å². The maximum absolute atomic E-state index is 13.9.